The van der Waals surface area contributed by atoms with Gasteiger partial charge in [0.05, 0.1) is 24.3 Å². The van der Waals surface area contributed by atoms with Crippen LogP contribution in [0.5, 0.6) is 0 Å². The summed E-state index contributed by atoms with van der Waals surface area (Å²) in [6.07, 6.45) is 1.91. The molecule has 0 aliphatic carbocycles. The normalized spacial score (nSPS) is 12.4. The van der Waals surface area contributed by atoms with Crippen molar-refractivity contribution in [2.45, 2.75) is 68.2 Å². The minimum absolute atomic E-state index is 0.111. The van der Waals surface area contributed by atoms with Gasteiger partial charge in [-0.1, -0.05) is 67.5 Å². The van der Waals surface area contributed by atoms with Gasteiger partial charge in [-0.15, -0.1) is 0 Å². The van der Waals surface area contributed by atoms with E-state index in [4.69, 9.17) is 9.47 Å². The van der Waals surface area contributed by atoms with Crippen LogP contribution >= 0.6 is 0 Å². The lowest BCUT2D eigenvalue weighted by Gasteiger charge is -2.27. The summed E-state index contributed by atoms with van der Waals surface area (Å²) in [5.41, 5.74) is 0.296. The fourth-order valence-electron chi connectivity index (χ4n) is 3.84. The second-order valence-electron chi connectivity index (χ2n) is 10.2. The highest BCUT2D eigenvalue weighted by molar-refractivity contribution is 6.03. The summed E-state index contributed by atoms with van der Waals surface area (Å²) in [5, 5.41) is 0. The molecule has 0 N–H and O–H groups in total. The van der Waals surface area contributed by atoms with Crippen LogP contribution in [0.2, 0.25) is 0 Å². The first-order valence-electron chi connectivity index (χ1n) is 10.3. The van der Waals surface area contributed by atoms with Gasteiger partial charge >= 0.3 is 11.9 Å². The molecule has 0 amide bonds. The van der Waals surface area contributed by atoms with E-state index < -0.39 is 11.9 Å². The van der Waals surface area contributed by atoms with E-state index in [1.807, 2.05) is 0 Å². The Morgan fingerprint density at radius 3 is 1.36 bits per heavy atom. The summed E-state index contributed by atoms with van der Waals surface area (Å²) >= 11 is 0. The number of benzene rings is 1. The van der Waals surface area contributed by atoms with Crippen molar-refractivity contribution in [2.75, 3.05) is 13.2 Å². The molecule has 1 rings (SSSR count). The van der Waals surface area contributed by atoms with Crippen molar-refractivity contribution >= 4 is 11.9 Å². The standard InChI is InChI=1S/C24H38O4/c1-17(2)13-23(5,6)15-27-21(25)19-11-9-10-12-20(19)22(26)28-16-24(7,8)14-18(3)4/h9-12,17-18H,13-16H2,1-8H3. The molecule has 0 aliphatic rings. The van der Waals surface area contributed by atoms with Crippen LogP contribution < -0.4 is 0 Å². The SMILES string of the molecule is CC(C)CC(C)(C)COC(=O)c1ccccc1C(=O)OCC(C)(C)CC(C)C. The van der Waals surface area contributed by atoms with Crippen LogP contribution in [-0.2, 0) is 9.47 Å². The van der Waals surface area contributed by atoms with Crippen molar-refractivity contribution in [3.8, 4) is 0 Å². The van der Waals surface area contributed by atoms with E-state index in [-0.39, 0.29) is 22.0 Å². The molecule has 28 heavy (non-hydrogen) atoms. The van der Waals surface area contributed by atoms with E-state index in [9.17, 15) is 9.59 Å². The molecule has 0 unspecified atom stereocenters. The maximum atomic E-state index is 12.6. The molecular weight excluding hydrogens is 352 g/mol. The zero-order valence-electron chi connectivity index (χ0n) is 18.9. The van der Waals surface area contributed by atoms with Gasteiger partial charge in [0.2, 0.25) is 0 Å². The molecule has 0 aromatic heterocycles. The largest absolute Gasteiger partial charge is 0.462 e. The fraction of sp³-hybridized carbons (Fsp3) is 0.667. The monoisotopic (exact) mass is 390 g/mol. The number of esters is 2. The second kappa shape index (κ2) is 10.1. The van der Waals surface area contributed by atoms with Gasteiger partial charge in [0, 0.05) is 0 Å². The lowest BCUT2D eigenvalue weighted by molar-refractivity contribution is 0.0264. The van der Waals surface area contributed by atoms with Crippen LogP contribution in [0.25, 0.3) is 0 Å². The molecule has 0 fully saturated rings. The Labute approximate surface area is 171 Å². The summed E-state index contributed by atoms with van der Waals surface area (Å²) in [4.78, 5) is 25.2. The van der Waals surface area contributed by atoms with E-state index in [1.165, 1.54) is 0 Å². The van der Waals surface area contributed by atoms with E-state index in [2.05, 4.69) is 55.4 Å². The van der Waals surface area contributed by atoms with E-state index in [0.717, 1.165) is 12.8 Å². The molecule has 0 heterocycles. The molecule has 0 saturated carbocycles. The van der Waals surface area contributed by atoms with Gasteiger partial charge in [0.1, 0.15) is 0 Å². The molecule has 0 bridgehead atoms. The predicted octanol–water partition coefficient (Wildman–Crippen LogP) is 6.14. The Kier molecular flexibility index (Phi) is 8.72. The lowest BCUT2D eigenvalue weighted by Crippen LogP contribution is -2.26. The number of hydrogen-bond acceptors (Lipinski definition) is 4. The average Bonchev–Trinajstić information content (AvgIpc) is 2.55. The summed E-state index contributed by atoms with van der Waals surface area (Å²) < 4.78 is 11.1. The van der Waals surface area contributed by atoms with E-state index >= 15 is 0 Å². The van der Waals surface area contributed by atoms with Gasteiger partial charge in [-0.05, 0) is 47.6 Å². The average molecular weight is 391 g/mol. The van der Waals surface area contributed by atoms with E-state index in [1.54, 1.807) is 24.3 Å². The smallest absolute Gasteiger partial charge is 0.339 e. The molecule has 1 aromatic carbocycles. The molecule has 4 nitrogen and oxygen atoms in total. The summed E-state index contributed by atoms with van der Waals surface area (Å²) in [5.74, 6) is 0.0759. The second-order valence-corrected chi connectivity index (χ2v) is 10.2. The topological polar surface area (TPSA) is 52.6 Å². The summed E-state index contributed by atoms with van der Waals surface area (Å²) in [6.45, 7) is 17.5. The van der Waals surface area contributed by atoms with Gasteiger partial charge in [0.15, 0.2) is 0 Å². The quantitative estimate of drug-likeness (QED) is 0.450. The van der Waals surface area contributed by atoms with Crippen molar-refractivity contribution in [1.29, 1.82) is 0 Å². The molecule has 0 saturated heterocycles. The highest BCUT2D eigenvalue weighted by Gasteiger charge is 2.26. The Bertz CT molecular complexity index is 599. The van der Waals surface area contributed by atoms with Crippen LogP contribution in [0.3, 0.4) is 0 Å². The summed E-state index contributed by atoms with van der Waals surface area (Å²) in [6, 6.07) is 6.70. The number of rotatable bonds is 10. The van der Waals surface area contributed by atoms with Crippen molar-refractivity contribution in [3.63, 3.8) is 0 Å². The van der Waals surface area contributed by atoms with Crippen molar-refractivity contribution < 1.29 is 19.1 Å². The Morgan fingerprint density at radius 1 is 0.750 bits per heavy atom. The first-order chi connectivity index (χ1) is 12.8. The first-order valence-corrected chi connectivity index (χ1v) is 10.3. The fourth-order valence-corrected chi connectivity index (χ4v) is 3.84. The van der Waals surface area contributed by atoms with Gasteiger partial charge in [-0.25, -0.2) is 9.59 Å². The van der Waals surface area contributed by atoms with Crippen molar-refractivity contribution in [2.24, 2.45) is 22.7 Å². The van der Waals surface area contributed by atoms with Crippen LogP contribution in [0.4, 0.5) is 0 Å². The Balaban J connectivity index is 2.81. The minimum atomic E-state index is -0.481. The third-order valence-electron chi connectivity index (χ3n) is 4.48. The zero-order chi connectivity index (χ0) is 21.5. The van der Waals surface area contributed by atoms with Crippen LogP contribution in [-0.4, -0.2) is 25.2 Å². The first kappa shape index (κ1) is 24.2. The van der Waals surface area contributed by atoms with Gasteiger partial charge in [-0.3, -0.25) is 0 Å². The third-order valence-corrected chi connectivity index (χ3v) is 4.48. The van der Waals surface area contributed by atoms with Gasteiger partial charge in [-0.2, -0.15) is 0 Å². The maximum absolute atomic E-state index is 12.6. The lowest BCUT2D eigenvalue weighted by atomic mass is 9.85. The van der Waals surface area contributed by atoms with E-state index in [0.29, 0.717) is 25.0 Å². The molecule has 0 radical (unpaired) electrons. The van der Waals surface area contributed by atoms with Crippen molar-refractivity contribution in [3.05, 3.63) is 35.4 Å². The highest BCUT2D eigenvalue weighted by Crippen LogP contribution is 2.27. The van der Waals surface area contributed by atoms with Crippen LogP contribution in [0.15, 0.2) is 24.3 Å². The molecular formula is C24H38O4. The van der Waals surface area contributed by atoms with Crippen LogP contribution in [0.1, 0.15) is 88.9 Å². The number of carbonyl (C=O) groups excluding carboxylic acids is 2. The number of carbonyl (C=O) groups is 2. The maximum Gasteiger partial charge on any atom is 0.339 e. The Morgan fingerprint density at radius 2 is 1.07 bits per heavy atom. The number of ether oxygens (including phenoxy) is 2. The molecule has 4 heteroatoms. The predicted molar refractivity (Wildman–Crippen MR) is 113 cm³/mol. The minimum Gasteiger partial charge on any atom is -0.462 e. The van der Waals surface area contributed by atoms with Crippen LogP contribution in [0, 0.1) is 22.7 Å². The third kappa shape index (κ3) is 8.45. The van der Waals surface area contributed by atoms with Crippen molar-refractivity contribution in [1.82, 2.24) is 0 Å². The van der Waals surface area contributed by atoms with Gasteiger partial charge in [0.25, 0.3) is 0 Å². The number of hydrogen-bond donors (Lipinski definition) is 0. The van der Waals surface area contributed by atoms with Gasteiger partial charge < -0.3 is 9.47 Å². The molecule has 1 aromatic rings. The summed E-state index contributed by atoms with van der Waals surface area (Å²) in [7, 11) is 0. The Hall–Kier alpha value is -1.84. The molecule has 0 atom stereocenters. The molecule has 0 aliphatic heterocycles. The molecule has 158 valence electrons. The highest BCUT2D eigenvalue weighted by atomic mass is 16.5. The zero-order valence-corrected chi connectivity index (χ0v) is 18.9. The molecule has 0 spiro atoms.